The van der Waals surface area contributed by atoms with Gasteiger partial charge in [0, 0.05) is 17.3 Å². The van der Waals surface area contributed by atoms with Crippen molar-refractivity contribution in [2.24, 2.45) is 0 Å². The molecule has 0 saturated heterocycles. The molecule has 170 valence electrons. The van der Waals surface area contributed by atoms with Crippen LogP contribution in [0.15, 0.2) is 41.2 Å². The molecule has 1 N–H and O–H groups in total. The lowest BCUT2D eigenvalue weighted by molar-refractivity contribution is -0.386. The van der Waals surface area contributed by atoms with E-state index in [0.29, 0.717) is 28.3 Å². The van der Waals surface area contributed by atoms with Crippen LogP contribution < -0.4 is 5.32 Å². The number of nitrogens with one attached hydrogen (secondary N) is 1. The summed E-state index contributed by atoms with van der Waals surface area (Å²) in [5.41, 5.74) is 1.91. The van der Waals surface area contributed by atoms with Gasteiger partial charge < -0.3 is 9.84 Å². The van der Waals surface area contributed by atoms with Crippen molar-refractivity contribution in [2.75, 3.05) is 5.32 Å². The summed E-state index contributed by atoms with van der Waals surface area (Å²) >= 11 is 0. The molecule has 0 atom stereocenters. The van der Waals surface area contributed by atoms with E-state index in [1.54, 1.807) is 45.2 Å². The van der Waals surface area contributed by atoms with Gasteiger partial charge in [0.2, 0.25) is 0 Å². The number of halogens is 1. The van der Waals surface area contributed by atoms with Crippen molar-refractivity contribution < 1.29 is 18.6 Å². The van der Waals surface area contributed by atoms with Gasteiger partial charge in [-0.15, -0.1) is 0 Å². The van der Waals surface area contributed by atoms with Crippen molar-refractivity contribution in [3.63, 3.8) is 0 Å². The second-order valence-electron chi connectivity index (χ2n) is 7.47. The van der Waals surface area contributed by atoms with E-state index in [2.05, 4.69) is 20.7 Å². The number of amides is 1. The normalized spacial score (nSPS) is 11.0. The van der Waals surface area contributed by atoms with E-state index in [4.69, 9.17) is 4.52 Å². The van der Waals surface area contributed by atoms with E-state index in [-0.39, 0.29) is 36.0 Å². The van der Waals surface area contributed by atoms with Crippen LogP contribution >= 0.6 is 0 Å². The molecule has 3 heterocycles. The molecule has 11 nitrogen and oxygen atoms in total. The number of aryl methyl sites for hydroxylation is 2. The molecule has 1 amide bonds. The van der Waals surface area contributed by atoms with Gasteiger partial charge in [-0.1, -0.05) is 23.4 Å². The van der Waals surface area contributed by atoms with Gasteiger partial charge in [0.1, 0.15) is 23.0 Å². The van der Waals surface area contributed by atoms with Crippen LogP contribution in [0.25, 0.3) is 0 Å². The molecule has 0 bridgehead atoms. The zero-order chi connectivity index (χ0) is 23.7. The zero-order valence-corrected chi connectivity index (χ0v) is 18.1. The largest absolute Gasteiger partial charge is 0.361 e. The van der Waals surface area contributed by atoms with Crippen molar-refractivity contribution in [3.05, 3.63) is 86.6 Å². The Morgan fingerprint density at radius 3 is 2.70 bits per heavy atom. The fourth-order valence-corrected chi connectivity index (χ4v) is 3.52. The number of nitrogens with zero attached hydrogens (tertiary/aromatic N) is 6. The second kappa shape index (κ2) is 8.65. The molecule has 4 rings (SSSR count). The lowest BCUT2D eigenvalue weighted by Crippen LogP contribution is -2.16. The Hall–Kier alpha value is -4.35. The molecule has 0 unspecified atom stereocenters. The Kier molecular flexibility index (Phi) is 5.73. The van der Waals surface area contributed by atoms with Crippen molar-refractivity contribution in [2.45, 2.75) is 33.9 Å². The first-order valence-corrected chi connectivity index (χ1v) is 9.95. The molecule has 0 saturated carbocycles. The van der Waals surface area contributed by atoms with Gasteiger partial charge in [0.05, 0.1) is 29.9 Å². The third kappa shape index (κ3) is 4.35. The van der Waals surface area contributed by atoms with E-state index in [0.717, 1.165) is 0 Å². The van der Waals surface area contributed by atoms with Gasteiger partial charge in [0.15, 0.2) is 5.69 Å². The first-order valence-electron chi connectivity index (χ1n) is 9.95. The smallest absolute Gasteiger partial charge is 0.312 e. The quantitative estimate of drug-likeness (QED) is 0.335. The molecular formula is C21H20FN7O4. The molecule has 0 radical (unpaired) electrons. The summed E-state index contributed by atoms with van der Waals surface area (Å²) in [5.74, 6) is -0.486. The molecule has 33 heavy (non-hydrogen) atoms. The standard InChI is InChI=1S/C21H20FN7O4/c1-12-20(29(31)32)13(2)28(25-12)11-17-14(3)33-26-19(17)21(30)24-16-8-23-27(10-16)9-15-6-4-5-7-18(15)22/h4-8,10H,9,11H2,1-3H3,(H,24,30). The summed E-state index contributed by atoms with van der Waals surface area (Å²) in [5, 5.41) is 26.2. The van der Waals surface area contributed by atoms with Crippen LogP contribution in [0.4, 0.5) is 15.8 Å². The predicted molar refractivity (Wildman–Crippen MR) is 114 cm³/mol. The third-order valence-corrected chi connectivity index (χ3v) is 5.21. The van der Waals surface area contributed by atoms with Crippen molar-refractivity contribution >= 4 is 17.3 Å². The first kappa shape index (κ1) is 21.9. The SMILES string of the molecule is Cc1nn(Cc2c(C(=O)Nc3cnn(Cc4ccccc4F)c3)noc2C)c(C)c1[N+](=O)[O-]. The molecule has 3 aromatic heterocycles. The summed E-state index contributed by atoms with van der Waals surface area (Å²) in [4.78, 5) is 23.6. The summed E-state index contributed by atoms with van der Waals surface area (Å²) in [6.07, 6.45) is 3.01. The van der Waals surface area contributed by atoms with Gasteiger partial charge >= 0.3 is 5.69 Å². The fraction of sp³-hybridized carbons (Fsp3) is 0.238. The van der Waals surface area contributed by atoms with E-state index in [9.17, 15) is 19.3 Å². The Morgan fingerprint density at radius 1 is 1.24 bits per heavy atom. The fourth-order valence-electron chi connectivity index (χ4n) is 3.52. The van der Waals surface area contributed by atoms with Crippen LogP contribution in [-0.4, -0.2) is 35.5 Å². The lowest BCUT2D eigenvalue weighted by atomic mass is 10.2. The Bertz CT molecular complexity index is 1350. The van der Waals surface area contributed by atoms with E-state index >= 15 is 0 Å². The van der Waals surface area contributed by atoms with Crippen LogP contribution in [0.2, 0.25) is 0 Å². The van der Waals surface area contributed by atoms with Crippen molar-refractivity contribution in [1.29, 1.82) is 0 Å². The van der Waals surface area contributed by atoms with Crippen molar-refractivity contribution in [3.8, 4) is 0 Å². The minimum Gasteiger partial charge on any atom is -0.361 e. The predicted octanol–water partition coefficient (Wildman–Crippen LogP) is 3.39. The van der Waals surface area contributed by atoms with Crippen LogP contribution in [0, 0.1) is 36.7 Å². The Morgan fingerprint density at radius 2 is 2.00 bits per heavy atom. The van der Waals surface area contributed by atoms with Crippen LogP contribution in [0.3, 0.4) is 0 Å². The molecule has 0 aliphatic carbocycles. The van der Waals surface area contributed by atoms with Gasteiger partial charge in [-0.3, -0.25) is 24.3 Å². The maximum atomic E-state index is 13.9. The van der Waals surface area contributed by atoms with Gasteiger partial charge in [-0.05, 0) is 26.8 Å². The minimum atomic E-state index is -0.539. The third-order valence-electron chi connectivity index (χ3n) is 5.21. The summed E-state index contributed by atoms with van der Waals surface area (Å²) < 4.78 is 22.0. The summed E-state index contributed by atoms with van der Waals surface area (Å²) in [7, 11) is 0. The van der Waals surface area contributed by atoms with Crippen LogP contribution in [0.5, 0.6) is 0 Å². The monoisotopic (exact) mass is 453 g/mol. The number of benzene rings is 1. The Labute approximate surface area is 187 Å². The number of carbonyl (C=O) groups is 1. The minimum absolute atomic E-state index is 0.0320. The van der Waals surface area contributed by atoms with E-state index in [1.165, 1.54) is 21.6 Å². The van der Waals surface area contributed by atoms with Gasteiger partial charge in [0.25, 0.3) is 5.91 Å². The number of hydrogen-bond acceptors (Lipinski definition) is 7. The maximum Gasteiger partial charge on any atom is 0.312 e. The van der Waals surface area contributed by atoms with Crippen LogP contribution in [0.1, 0.15) is 38.8 Å². The number of nitro groups is 1. The Balaban J connectivity index is 1.52. The van der Waals surface area contributed by atoms with E-state index < -0.39 is 10.8 Å². The van der Waals surface area contributed by atoms with Crippen LogP contribution in [-0.2, 0) is 13.1 Å². The molecule has 0 spiro atoms. The molecule has 0 fully saturated rings. The highest BCUT2D eigenvalue weighted by Gasteiger charge is 2.26. The lowest BCUT2D eigenvalue weighted by Gasteiger charge is -2.05. The number of rotatable bonds is 7. The molecule has 0 aliphatic heterocycles. The molecule has 4 aromatic rings. The topological polar surface area (TPSA) is 134 Å². The average Bonchev–Trinajstić information content (AvgIpc) is 3.42. The average molecular weight is 453 g/mol. The number of hydrogen-bond donors (Lipinski definition) is 1. The second-order valence-corrected chi connectivity index (χ2v) is 7.47. The number of carbonyl (C=O) groups excluding carboxylic acids is 1. The molecule has 1 aromatic carbocycles. The summed E-state index contributed by atoms with van der Waals surface area (Å²) in [6, 6.07) is 6.36. The first-order chi connectivity index (χ1) is 15.7. The zero-order valence-electron chi connectivity index (χ0n) is 18.1. The van der Waals surface area contributed by atoms with Gasteiger partial charge in [-0.25, -0.2) is 4.39 Å². The van der Waals surface area contributed by atoms with Gasteiger partial charge in [-0.2, -0.15) is 10.2 Å². The number of aromatic nitrogens is 5. The van der Waals surface area contributed by atoms with Crippen molar-refractivity contribution in [1.82, 2.24) is 24.7 Å². The maximum absolute atomic E-state index is 13.9. The molecule has 0 aliphatic rings. The summed E-state index contributed by atoms with van der Waals surface area (Å²) in [6.45, 7) is 5.06. The highest BCUT2D eigenvalue weighted by molar-refractivity contribution is 6.03. The van der Waals surface area contributed by atoms with E-state index in [1.807, 2.05) is 0 Å². The molecular weight excluding hydrogens is 433 g/mol. The highest BCUT2D eigenvalue weighted by Crippen LogP contribution is 2.24. The molecule has 12 heteroatoms. The number of anilines is 1. The highest BCUT2D eigenvalue weighted by atomic mass is 19.1.